The zero-order chi connectivity index (χ0) is 27.6. The number of ether oxygens (including phenoxy) is 2. The van der Waals surface area contributed by atoms with E-state index in [0.29, 0.717) is 23.7 Å². The van der Waals surface area contributed by atoms with Crippen LogP contribution in [-0.2, 0) is 27.2 Å². The molecule has 3 aromatic rings. The fraction of sp³-hybridized carbons (Fsp3) is 0.400. The summed E-state index contributed by atoms with van der Waals surface area (Å²) in [5.74, 6) is -1.10. The molecular formula is C25H29N4O7S2+. The summed E-state index contributed by atoms with van der Waals surface area (Å²) in [7, 11) is 1.28. The van der Waals surface area contributed by atoms with Gasteiger partial charge in [-0.25, -0.2) is 14.4 Å². The molecule has 0 radical (unpaired) electrons. The van der Waals surface area contributed by atoms with Crippen molar-refractivity contribution in [3.05, 3.63) is 56.3 Å². The number of thioether (sulfide) groups is 1. The lowest BCUT2D eigenvalue weighted by Crippen LogP contribution is -2.39. The van der Waals surface area contributed by atoms with E-state index in [0.717, 1.165) is 27.8 Å². The fourth-order valence-electron chi connectivity index (χ4n) is 3.84. The molecular weight excluding hydrogens is 532 g/mol. The number of nitrogens with zero attached hydrogens (tertiary/aromatic N) is 2. The predicted octanol–water partition coefficient (Wildman–Crippen LogP) is 3.43. The molecule has 202 valence electrons. The normalized spacial score (nSPS) is 13.1. The number of thiophene rings is 1. The lowest BCUT2D eigenvalue weighted by atomic mass is 10.0. The third-order valence-electron chi connectivity index (χ3n) is 5.59. The Kier molecular flexibility index (Phi) is 7.97. The van der Waals surface area contributed by atoms with Crippen molar-refractivity contribution >= 4 is 46.1 Å². The summed E-state index contributed by atoms with van der Waals surface area (Å²) in [6.07, 6.45) is -0.0217. The largest absolute Gasteiger partial charge is 0.465 e. The van der Waals surface area contributed by atoms with Gasteiger partial charge in [0.05, 0.1) is 25.0 Å². The van der Waals surface area contributed by atoms with Crippen LogP contribution in [0.1, 0.15) is 47.1 Å². The van der Waals surface area contributed by atoms with E-state index in [1.807, 2.05) is 31.2 Å². The van der Waals surface area contributed by atoms with E-state index in [2.05, 4.69) is 10.6 Å². The minimum Gasteiger partial charge on any atom is -0.465 e. The lowest BCUT2D eigenvalue weighted by Gasteiger charge is -2.30. The quantitative estimate of drug-likeness (QED) is 0.266. The van der Waals surface area contributed by atoms with Gasteiger partial charge in [0.15, 0.2) is 0 Å². The molecule has 1 aromatic carbocycles. The van der Waals surface area contributed by atoms with Crippen molar-refractivity contribution in [3.63, 3.8) is 0 Å². The second kappa shape index (κ2) is 11.0. The second-order valence-corrected chi connectivity index (χ2v) is 11.7. The molecule has 0 fully saturated rings. The molecule has 4 rings (SSSR count). The van der Waals surface area contributed by atoms with Gasteiger partial charge in [-0.2, -0.15) is 0 Å². The van der Waals surface area contributed by atoms with Crippen molar-refractivity contribution in [1.82, 2.24) is 10.2 Å². The SMILES string of the molecule is COC(=O)c1c(NC(=O)CSc2c(=O)o[nH][n+]2-c2ccc(C)cc2)sc2c1CCN(C(=O)OC(C)(C)C)C2. The monoisotopic (exact) mass is 561 g/mol. The Labute approximate surface area is 227 Å². The third-order valence-corrected chi connectivity index (χ3v) is 7.75. The van der Waals surface area contributed by atoms with Crippen molar-refractivity contribution < 1.29 is 33.1 Å². The number of anilines is 1. The Hall–Kier alpha value is -3.58. The molecule has 0 bridgehead atoms. The van der Waals surface area contributed by atoms with Gasteiger partial charge < -0.3 is 19.7 Å². The average molecular weight is 562 g/mol. The highest BCUT2D eigenvalue weighted by Crippen LogP contribution is 2.38. The average Bonchev–Trinajstić information content (AvgIpc) is 3.40. The maximum Gasteiger partial charge on any atom is 0.442 e. The van der Waals surface area contributed by atoms with Gasteiger partial charge in [0, 0.05) is 23.6 Å². The third kappa shape index (κ3) is 6.10. The Morgan fingerprint density at radius 2 is 1.95 bits per heavy atom. The number of carbonyl (C=O) groups excluding carboxylic acids is 3. The summed E-state index contributed by atoms with van der Waals surface area (Å²) in [6, 6.07) is 7.44. The van der Waals surface area contributed by atoms with Crippen LogP contribution in [0.15, 0.2) is 38.6 Å². The maximum absolute atomic E-state index is 12.9. The van der Waals surface area contributed by atoms with Crippen LogP contribution in [0.2, 0.25) is 0 Å². The number of rotatable bonds is 6. The zero-order valence-electron chi connectivity index (χ0n) is 21.7. The second-order valence-electron chi connectivity index (χ2n) is 9.65. The van der Waals surface area contributed by atoms with Crippen LogP contribution in [0.3, 0.4) is 0 Å². The van der Waals surface area contributed by atoms with E-state index in [1.165, 1.54) is 23.1 Å². The number of aromatic nitrogens is 2. The van der Waals surface area contributed by atoms with Crippen molar-refractivity contribution in [1.29, 1.82) is 0 Å². The lowest BCUT2D eigenvalue weighted by molar-refractivity contribution is -0.704. The number of H-pyrrole nitrogens is 1. The van der Waals surface area contributed by atoms with E-state index in [1.54, 1.807) is 25.7 Å². The number of aromatic amines is 1. The first kappa shape index (κ1) is 27.5. The summed E-state index contributed by atoms with van der Waals surface area (Å²) < 4.78 is 16.9. The molecule has 11 nitrogen and oxygen atoms in total. The van der Waals surface area contributed by atoms with E-state index in [4.69, 9.17) is 14.0 Å². The standard InChI is InChI=1S/C25H28N4O7S2/c1-14-6-8-15(9-7-14)29-21(23(32)36-27-29)37-13-18(30)26-20-19(22(31)34-5)16-10-11-28(12-17(16)38-20)24(33)35-25(2,3)4/h6-9H,10-13H2,1-5H3,(H-,26,27,30,31,32)/p+1. The molecule has 2 N–H and O–H groups in total. The summed E-state index contributed by atoms with van der Waals surface area (Å²) in [6.45, 7) is 7.97. The molecule has 1 aliphatic heterocycles. The van der Waals surface area contributed by atoms with E-state index < -0.39 is 29.2 Å². The molecule has 0 unspecified atom stereocenters. The molecule has 3 heterocycles. The molecule has 0 spiro atoms. The van der Waals surface area contributed by atoms with Crippen LogP contribution in [-0.4, -0.2) is 53.1 Å². The smallest absolute Gasteiger partial charge is 0.442 e. The molecule has 13 heteroatoms. The molecule has 0 saturated carbocycles. The number of benzene rings is 1. The number of hydrogen-bond donors (Lipinski definition) is 2. The fourth-order valence-corrected chi connectivity index (χ4v) is 5.88. The first-order valence-electron chi connectivity index (χ1n) is 11.8. The highest BCUT2D eigenvalue weighted by atomic mass is 32.2. The summed E-state index contributed by atoms with van der Waals surface area (Å²) >= 11 is 2.22. The van der Waals surface area contributed by atoms with Gasteiger partial charge in [0.2, 0.25) is 11.6 Å². The van der Waals surface area contributed by atoms with Gasteiger partial charge in [-0.3, -0.25) is 9.32 Å². The van der Waals surface area contributed by atoms with Crippen molar-refractivity contribution in [2.24, 2.45) is 0 Å². The van der Waals surface area contributed by atoms with E-state index in [-0.39, 0.29) is 22.9 Å². The van der Waals surface area contributed by atoms with Crippen LogP contribution in [0.5, 0.6) is 0 Å². The molecule has 0 atom stereocenters. The number of aryl methyl sites for hydroxylation is 1. The number of esters is 1. The maximum atomic E-state index is 12.9. The molecule has 2 aromatic heterocycles. The molecule has 0 aliphatic carbocycles. The van der Waals surface area contributed by atoms with Crippen LogP contribution in [0, 0.1) is 6.92 Å². The summed E-state index contributed by atoms with van der Waals surface area (Å²) in [4.78, 5) is 52.7. The van der Waals surface area contributed by atoms with Gasteiger partial charge >= 0.3 is 22.7 Å². The first-order valence-corrected chi connectivity index (χ1v) is 13.6. The Bertz CT molecular complexity index is 1420. The van der Waals surface area contributed by atoms with Crippen LogP contribution < -0.4 is 15.6 Å². The molecule has 38 heavy (non-hydrogen) atoms. The van der Waals surface area contributed by atoms with Gasteiger partial charge in [0.25, 0.3) is 0 Å². The van der Waals surface area contributed by atoms with Crippen LogP contribution >= 0.6 is 23.1 Å². The molecule has 0 saturated heterocycles. The Morgan fingerprint density at radius 1 is 1.24 bits per heavy atom. The van der Waals surface area contributed by atoms with Gasteiger partial charge in [0.1, 0.15) is 10.6 Å². The highest BCUT2D eigenvalue weighted by Gasteiger charge is 2.33. The van der Waals surface area contributed by atoms with Crippen LogP contribution in [0.25, 0.3) is 5.69 Å². The number of carbonyl (C=O) groups is 3. The Balaban J connectivity index is 1.50. The van der Waals surface area contributed by atoms with Crippen LogP contribution in [0.4, 0.5) is 9.80 Å². The first-order chi connectivity index (χ1) is 18.0. The van der Waals surface area contributed by atoms with Crippen molar-refractivity contribution in [3.8, 4) is 5.69 Å². The summed E-state index contributed by atoms with van der Waals surface area (Å²) in [5, 5.41) is 5.88. The number of nitrogens with one attached hydrogen (secondary N) is 2. The van der Waals surface area contributed by atoms with Gasteiger partial charge in [-0.05, 0) is 61.4 Å². The molecule has 2 amide bonds. The Morgan fingerprint density at radius 3 is 2.61 bits per heavy atom. The van der Waals surface area contributed by atoms with Crippen molar-refractivity contribution in [2.75, 3.05) is 24.7 Å². The van der Waals surface area contributed by atoms with E-state index >= 15 is 0 Å². The highest BCUT2D eigenvalue weighted by molar-refractivity contribution is 7.99. The number of methoxy groups -OCH3 is 1. The van der Waals surface area contributed by atoms with Crippen molar-refractivity contribution in [2.45, 2.75) is 51.3 Å². The van der Waals surface area contributed by atoms with Gasteiger partial charge in [-0.15, -0.1) is 11.3 Å². The minimum absolute atomic E-state index is 0.109. The number of fused-ring (bicyclic) bond motifs is 1. The van der Waals surface area contributed by atoms with Gasteiger partial charge in [-0.1, -0.05) is 17.7 Å². The van der Waals surface area contributed by atoms with E-state index in [9.17, 15) is 19.2 Å². The zero-order valence-corrected chi connectivity index (χ0v) is 23.3. The minimum atomic E-state index is -0.630. The molecule has 1 aliphatic rings. The number of amides is 2. The predicted molar refractivity (Wildman–Crippen MR) is 141 cm³/mol. The topological polar surface area (TPSA) is 135 Å². The summed E-state index contributed by atoms with van der Waals surface area (Å²) in [5.41, 5.74) is 1.53. The number of hydrogen-bond acceptors (Lipinski definition) is 9.